The van der Waals surface area contributed by atoms with Crippen LogP contribution >= 0.6 is 0 Å². The van der Waals surface area contributed by atoms with Crippen LogP contribution in [-0.4, -0.2) is 10.9 Å². The van der Waals surface area contributed by atoms with Crippen molar-refractivity contribution in [2.24, 2.45) is 0 Å². The van der Waals surface area contributed by atoms with Crippen molar-refractivity contribution in [1.29, 1.82) is 0 Å². The first kappa shape index (κ1) is 40.8. The van der Waals surface area contributed by atoms with Gasteiger partial charge in [-0.3, -0.25) is 4.79 Å². The fraction of sp³-hybridized carbons (Fsp3) is 0.667. The first-order valence-corrected chi connectivity index (χ1v) is 19.8. The van der Waals surface area contributed by atoms with E-state index in [1.165, 1.54) is 48.8 Å². The Balaban J connectivity index is 2.77. The van der Waals surface area contributed by atoms with Crippen LogP contribution in [-0.2, 0) is 0 Å². The van der Waals surface area contributed by atoms with Gasteiger partial charge < -0.3 is 5.11 Å². The average molecular weight is 645 g/mol. The fourth-order valence-electron chi connectivity index (χ4n) is 7.41. The average Bonchev–Trinajstić information content (AvgIpc) is 3.07. The molecule has 2 nitrogen and oxygen atoms in total. The lowest BCUT2D eigenvalue weighted by atomic mass is 9.77. The number of hydrogen-bond acceptors (Lipinski definition) is 2. The first-order valence-electron chi connectivity index (χ1n) is 19.8. The highest BCUT2D eigenvalue weighted by atomic mass is 16.3. The smallest absolute Gasteiger partial charge is 0.186 e. The number of unbranched alkanes of at least 4 members (excludes halogenated alkanes) is 5. The Morgan fingerprint density at radius 3 is 1.55 bits per heavy atom. The number of allylic oxidation sites excluding steroid dienone is 1. The summed E-state index contributed by atoms with van der Waals surface area (Å²) >= 11 is 0. The van der Waals surface area contributed by atoms with E-state index < -0.39 is 0 Å². The molecular weight excluding hydrogens is 572 g/mol. The number of benzene rings is 2. The summed E-state index contributed by atoms with van der Waals surface area (Å²) in [6, 6.07) is 9.12. The van der Waals surface area contributed by atoms with Crippen LogP contribution in [0.2, 0.25) is 0 Å². The molecule has 0 aliphatic rings. The van der Waals surface area contributed by atoms with Gasteiger partial charge in [0.05, 0.1) is 0 Å². The van der Waals surface area contributed by atoms with Crippen LogP contribution in [0.3, 0.4) is 0 Å². The minimum atomic E-state index is 0.0767. The van der Waals surface area contributed by atoms with Gasteiger partial charge in [0.2, 0.25) is 0 Å². The van der Waals surface area contributed by atoms with Crippen LogP contribution in [0.5, 0.6) is 5.75 Å². The van der Waals surface area contributed by atoms with E-state index in [9.17, 15) is 9.90 Å². The normalized spacial score (nSPS) is 15.1. The lowest BCUT2D eigenvalue weighted by molar-refractivity contribution is 0.104. The van der Waals surface area contributed by atoms with E-state index >= 15 is 0 Å². The largest absolute Gasteiger partial charge is 0.507 e. The summed E-state index contributed by atoms with van der Waals surface area (Å²) < 4.78 is 0. The summed E-state index contributed by atoms with van der Waals surface area (Å²) in [5.74, 6) is 2.09. The molecular formula is C45H72O2. The number of ketones is 1. The molecule has 0 radical (unpaired) electrons. The summed E-state index contributed by atoms with van der Waals surface area (Å²) in [6.07, 6.45) is 21.0. The number of phenols is 1. The van der Waals surface area contributed by atoms with E-state index in [2.05, 4.69) is 99.6 Å². The van der Waals surface area contributed by atoms with Crippen LogP contribution in [0, 0.1) is 0 Å². The van der Waals surface area contributed by atoms with E-state index in [0.29, 0.717) is 17.6 Å². The lowest BCUT2D eigenvalue weighted by Crippen LogP contribution is -2.14. The van der Waals surface area contributed by atoms with Gasteiger partial charge in [0.25, 0.3) is 0 Å². The van der Waals surface area contributed by atoms with Crippen LogP contribution in [0.15, 0.2) is 30.3 Å². The fourth-order valence-corrected chi connectivity index (χ4v) is 7.41. The molecule has 0 aliphatic heterocycles. The van der Waals surface area contributed by atoms with E-state index in [1.54, 1.807) is 0 Å². The van der Waals surface area contributed by atoms with Gasteiger partial charge in [-0.05, 0) is 102 Å². The van der Waals surface area contributed by atoms with Gasteiger partial charge in [0.15, 0.2) is 5.78 Å². The van der Waals surface area contributed by atoms with Crippen molar-refractivity contribution in [2.45, 2.75) is 195 Å². The van der Waals surface area contributed by atoms with Crippen molar-refractivity contribution in [1.82, 2.24) is 0 Å². The molecule has 0 fully saturated rings. The summed E-state index contributed by atoms with van der Waals surface area (Å²) in [5, 5.41) is 12.0. The lowest BCUT2D eigenvalue weighted by Gasteiger charge is -2.28. The molecule has 0 spiro atoms. The third kappa shape index (κ3) is 11.9. The molecule has 264 valence electrons. The zero-order valence-corrected chi connectivity index (χ0v) is 32.3. The molecule has 2 aromatic rings. The highest BCUT2D eigenvalue weighted by molar-refractivity contribution is 6.08. The highest BCUT2D eigenvalue weighted by Crippen LogP contribution is 2.45. The number of hydrogen-bond donors (Lipinski definition) is 1. The zero-order chi connectivity index (χ0) is 34.9. The van der Waals surface area contributed by atoms with E-state index in [0.717, 1.165) is 86.5 Å². The molecule has 5 atom stereocenters. The van der Waals surface area contributed by atoms with E-state index in [4.69, 9.17) is 0 Å². The van der Waals surface area contributed by atoms with Gasteiger partial charge >= 0.3 is 0 Å². The molecule has 0 bridgehead atoms. The maximum absolute atomic E-state index is 14.6. The summed E-state index contributed by atoms with van der Waals surface area (Å²) in [7, 11) is 0. The first-order chi connectivity index (χ1) is 22.6. The molecule has 2 aromatic carbocycles. The van der Waals surface area contributed by atoms with E-state index in [1.807, 2.05) is 6.08 Å². The van der Waals surface area contributed by atoms with Crippen LogP contribution in [0.1, 0.15) is 239 Å². The SMILES string of the molecule is CCCCC(C)c1ccc(C(C)CCCC)c(/C=C/C(=O)c2cc(C(C)CCCC)c(O)c(C(C)CCCC)c2C(C)CCCC)c1. The predicted molar refractivity (Wildman–Crippen MR) is 208 cm³/mol. The standard InChI is InChI=1S/C45H72O2/c1-11-16-21-32(6)37-26-28-39(33(7)22-17-12-2)38(30-37)27-29-42(46)41-31-40(34(8)23-18-13-3)45(47)44(36(10)25-20-15-5)43(41)35(9)24-19-14-4/h26-36,47H,11-25H2,1-10H3/b29-27+. The molecule has 0 saturated heterocycles. The van der Waals surface area contributed by atoms with Crippen molar-refractivity contribution < 1.29 is 9.90 Å². The maximum Gasteiger partial charge on any atom is 0.186 e. The highest BCUT2D eigenvalue weighted by Gasteiger charge is 2.28. The Kier molecular flexibility index (Phi) is 18.7. The second-order valence-corrected chi connectivity index (χ2v) is 15.0. The Morgan fingerprint density at radius 2 is 1.04 bits per heavy atom. The third-order valence-corrected chi connectivity index (χ3v) is 10.8. The summed E-state index contributed by atoms with van der Waals surface area (Å²) in [5.41, 5.74) is 7.82. The van der Waals surface area contributed by atoms with Crippen molar-refractivity contribution in [3.05, 3.63) is 69.3 Å². The minimum absolute atomic E-state index is 0.0767. The molecule has 0 saturated carbocycles. The Labute approximate surface area is 291 Å². The van der Waals surface area contributed by atoms with Crippen LogP contribution < -0.4 is 0 Å². The molecule has 0 aromatic heterocycles. The monoisotopic (exact) mass is 645 g/mol. The number of carbonyl (C=O) groups excluding carboxylic acids is 1. The minimum Gasteiger partial charge on any atom is -0.507 e. The summed E-state index contributed by atoms with van der Waals surface area (Å²) in [6.45, 7) is 22.7. The van der Waals surface area contributed by atoms with Crippen molar-refractivity contribution in [3.8, 4) is 5.75 Å². The van der Waals surface area contributed by atoms with Gasteiger partial charge in [-0.1, -0.05) is 158 Å². The molecule has 5 unspecified atom stereocenters. The van der Waals surface area contributed by atoms with Crippen LogP contribution in [0.25, 0.3) is 6.08 Å². The number of rotatable bonds is 23. The predicted octanol–water partition coefficient (Wildman–Crippen LogP) is 14.8. The van der Waals surface area contributed by atoms with Crippen molar-refractivity contribution in [2.75, 3.05) is 0 Å². The molecule has 1 N–H and O–H groups in total. The summed E-state index contributed by atoms with van der Waals surface area (Å²) in [4.78, 5) is 14.6. The van der Waals surface area contributed by atoms with Crippen molar-refractivity contribution in [3.63, 3.8) is 0 Å². The number of aromatic hydroxyl groups is 1. The third-order valence-electron chi connectivity index (χ3n) is 10.8. The van der Waals surface area contributed by atoms with Crippen LogP contribution in [0.4, 0.5) is 0 Å². The molecule has 0 heterocycles. The second kappa shape index (κ2) is 21.6. The molecule has 0 amide bonds. The van der Waals surface area contributed by atoms with Crippen molar-refractivity contribution >= 4 is 11.9 Å². The maximum atomic E-state index is 14.6. The second-order valence-electron chi connectivity index (χ2n) is 15.0. The molecule has 2 heteroatoms. The quantitative estimate of drug-likeness (QED) is 0.0965. The number of phenolic OH excluding ortho intramolecular Hbond substituents is 1. The van der Waals surface area contributed by atoms with Gasteiger partial charge in [-0.15, -0.1) is 0 Å². The Hall–Kier alpha value is -2.35. The molecule has 2 rings (SSSR count). The van der Waals surface area contributed by atoms with E-state index in [-0.39, 0.29) is 23.5 Å². The van der Waals surface area contributed by atoms with Gasteiger partial charge in [0.1, 0.15) is 5.75 Å². The Bertz CT molecular complexity index is 1240. The van der Waals surface area contributed by atoms with Gasteiger partial charge in [-0.25, -0.2) is 0 Å². The van der Waals surface area contributed by atoms with Gasteiger partial charge in [0, 0.05) is 11.1 Å². The topological polar surface area (TPSA) is 37.3 Å². The molecule has 0 aliphatic carbocycles. The van der Waals surface area contributed by atoms with Gasteiger partial charge in [-0.2, -0.15) is 0 Å². The number of carbonyl (C=O) groups is 1. The molecule has 47 heavy (non-hydrogen) atoms. The zero-order valence-electron chi connectivity index (χ0n) is 32.3. The Morgan fingerprint density at radius 1 is 0.596 bits per heavy atom.